The molecule has 0 atom stereocenters. The van der Waals surface area contributed by atoms with Crippen molar-refractivity contribution < 1.29 is 9.90 Å². The van der Waals surface area contributed by atoms with E-state index in [1.807, 2.05) is 0 Å². The van der Waals surface area contributed by atoms with E-state index in [0.717, 1.165) is 0 Å². The Morgan fingerprint density at radius 2 is 2.14 bits per heavy atom. The number of nitrogens with one attached hydrogen (secondary N) is 1. The first-order valence-electron chi connectivity index (χ1n) is 3.56. The number of nitrogens with two attached hydrogens (primary N) is 1. The number of hydrogen-bond acceptors (Lipinski definition) is 3. The SMILES string of the molecule is Cl.NNC=Nc1ccccc1C(=O)O. The number of hydrogen-bond donors (Lipinski definition) is 3. The number of aromatic carboxylic acids is 1. The van der Waals surface area contributed by atoms with E-state index in [-0.39, 0.29) is 18.0 Å². The van der Waals surface area contributed by atoms with E-state index in [1.165, 1.54) is 12.4 Å². The fourth-order valence-corrected chi connectivity index (χ4v) is 0.874. The third-order valence-corrected chi connectivity index (χ3v) is 1.41. The Morgan fingerprint density at radius 3 is 2.71 bits per heavy atom. The molecular weight excluding hydrogens is 206 g/mol. The minimum atomic E-state index is -1.01. The zero-order valence-electron chi connectivity index (χ0n) is 7.18. The Hall–Kier alpha value is -1.59. The van der Waals surface area contributed by atoms with Crippen molar-refractivity contribution in [2.75, 3.05) is 0 Å². The van der Waals surface area contributed by atoms with Crippen LogP contribution in [0.15, 0.2) is 29.3 Å². The van der Waals surface area contributed by atoms with E-state index in [0.29, 0.717) is 5.69 Å². The average molecular weight is 216 g/mol. The van der Waals surface area contributed by atoms with Crippen molar-refractivity contribution in [2.45, 2.75) is 0 Å². The Bertz CT molecular complexity index is 341. The van der Waals surface area contributed by atoms with E-state index in [2.05, 4.69) is 10.4 Å². The summed E-state index contributed by atoms with van der Waals surface area (Å²) < 4.78 is 0. The van der Waals surface area contributed by atoms with Crippen LogP contribution < -0.4 is 11.3 Å². The van der Waals surface area contributed by atoms with E-state index >= 15 is 0 Å². The largest absolute Gasteiger partial charge is 0.478 e. The molecule has 0 fully saturated rings. The number of rotatable bonds is 3. The minimum absolute atomic E-state index is 0. The standard InChI is InChI=1S/C8H9N3O2.ClH/c9-11-5-10-7-4-2-1-3-6(7)8(12)13;/h1-5H,9H2,(H,10,11)(H,12,13);1H. The first-order chi connectivity index (χ1) is 6.25. The number of carboxylic acids is 1. The highest BCUT2D eigenvalue weighted by Crippen LogP contribution is 2.17. The summed E-state index contributed by atoms with van der Waals surface area (Å²) in [4.78, 5) is 14.5. The fourth-order valence-electron chi connectivity index (χ4n) is 0.874. The lowest BCUT2D eigenvalue weighted by Gasteiger charge is -1.98. The van der Waals surface area contributed by atoms with Gasteiger partial charge in [-0.25, -0.2) is 15.6 Å². The molecule has 0 aliphatic heterocycles. The van der Waals surface area contributed by atoms with Crippen LogP contribution in [0.3, 0.4) is 0 Å². The Balaban J connectivity index is 0.00000169. The topological polar surface area (TPSA) is 87.7 Å². The number of nitrogens with zero attached hydrogens (tertiary/aromatic N) is 1. The maximum Gasteiger partial charge on any atom is 0.337 e. The van der Waals surface area contributed by atoms with Crippen LogP contribution >= 0.6 is 12.4 Å². The molecule has 0 unspecified atom stereocenters. The van der Waals surface area contributed by atoms with Crippen molar-refractivity contribution >= 4 is 30.4 Å². The molecule has 6 heteroatoms. The zero-order valence-corrected chi connectivity index (χ0v) is 7.99. The van der Waals surface area contributed by atoms with Gasteiger partial charge in [-0.1, -0.05) is 12.1 Å². The van der Waals surface area contributed by atoms with Gasteiger partial charge in [-0.15, -0.1) is 12.4 Å². The second-order valence-electron chi connectivity index (χ2n) is 2.25. The van der Waals surface area contributed by atoms with Gasteiger partial charge in [-0.2, -0.15) is 0 Å². The molecule has 76 valence electrons. The highest BCUT2D eigenvalue weighted by molar-refractivity contribution is 5.93. The van der Waals surface area contributed by atoms with Crippen molar-refractivity contribution in [1.82, 2.24) is 5.43 Å². The number of para-hydroxylation sites is 1. The highest BCUT2D eigenvalue weighted by atomic mass is 35.5. The third-order valence-electron chi connectivity index (χ3n) is 1.41. The molecule has 0 radical (unpaired) electrons. The summed E-state index contributed by atoms with van der Waals surface area (Å²) in [7, 11) is 0. The summed E-state index contributed by atoms with van der Waals surface area (Å²) in [6.07, 6.45) is 1.22. The van der Waals surface area contributed by atoms with Crippen LogP contribution in [0.4, 0.5) is 5.69 Å². The lowest BCUT2D eigenvalue weighted by atomic mass is 10.2. The van der Waals surface area contributed by atoms with Crippen LogP contribution in [0.2, 0.25) is 0 Å². The molecule has 1 rings (SSSR count). The predicted octanol–water partition coefficient (Wildman–Crippen LogP) is 0.930. The first-order valence-corrected chi connectivity index (χ1v) is 3.56. The smallest absolute Gasteiger partial charge is 0.337 e. The lowest BCUT2D eigenvalue weighted by molar-refractivity contribution is 0.0698. The number of aliphatic imine (C=N–C) groups is 1. The van der Waals surface area contributed by atoms with Crippen LogP contribution in [0.25, 0.3) is 0 Å². The van der Waals surface area contributed by atoms with E-state index in [1.54, 1.807) is 18.2 Å². The summed E-state index contributed by atoms with van der Waals surface area (Å²) in [5.41, 5.74) is 2.71. The molecule has 0 aliphatic carbocycles. The molecular formula is C8H10ClN3O2. The van der Waals surface area contributed by atoms with Gasteiger partial charge in [-0.3, -0.25) is 0 Å². The summed E-state index contributed by atoms with van der Waals surface area (Å²) in [6.45, 7) is 0. The quantitative estimate of drug-likeness (QED) is 0.303. The van der Waals surface area contributed by atoms with Gasteiger partial charge < -0.3 is 10.5 Å². The van der Waals surface area contributed by atoms with Crippen LogP contribution in [0.1, 0.15) is 10.4 Å². The molecule has 14 heavy (non-hydrogen) atoms. The second-order valence-corrected chi connectivity index (χ2v) is 2.25. The van der Waals surface area contributed by atoms with Crippen LogP contribution in [0, 0.1) is 0 Å². The molecule has 0 saturated heterocycles. The van der Waals surface area contributed by atoms with Gasteiger partial charge in [0.25, 0.3) is 0 Å². The first kappa shape index (κ1) is 12.4. The lowest BCUT2D eigenvalue weighted by Crippen LogP contribution is -2.18. The summed E-state index contributed by atoms with van der Waals surface area (Å²) in [5, 5.41) is 8.74. The van der Waals surface area contributed by atoms with Crippen LogP contribution in [0.5, 0.6) is 0 Å². The minimum Gasteiger partial charge on any atom is -0.478 e. The van der Waals surface area contributed by atoms with Crippen LogP contribution in [-0.4, -0.2) is 17.4 Å². The average Bonchev–Trinajstić information content (AvgIpc) is 2.15. The maximum atomic E-state index is 10.7. The fraction of sp³-hybridized carbons (Fsp3) is 0. The molecule has 1 aromatic rings. The van der Waals surface area contributed by atoms with Gasteiger partial charge in [0.15, 0.2) is 0 Å². The van der Waals surface area contributed by atoms with Gasteiger partial charge in [0.05, 0.1) is 11.3 Å². The molecule has 4 N–H and O–H groups in total. The Labute approximate surface area is 87.0 Å². The predicted molar refractivity (Wildman–Crippen MR) is 56.1 cm³/mol. The van der Waals surface area contributed by atoms with E-state index < -0.39 is 5.97 Å². The molecule has 0 aliphatic rings. The van der Waals surface area contributed by atoms with Crippen molar-refractivity contribution in [3.8, 4) is 0 Å². The van der Waals surface area contributed by atoms with Gasteiger partial charge in [0.1, 0.15) is 6.34 Å². The third kappa shape index (κ3) is 3.04. The summed E-state index contributed by atoms with van der Waals surface area (Å²) in [5.74, 6) is 3.95. The van der Waals surface area contributed by atoms with Gasteiger partial charge in [0.2, 0.25) is 0 Å². The number of carboxylic acid groups (broad SMARTS) is 1. The van der Waals surface area contributed by atoms with Gasteiger partial charge in [0, 0.05) is 0 Å². The van der Waals surface area contributed by atoms with Gasteiger partial charge in [-0.05, 0) is 12.1 Å². The Morgan fingerprint density at radius 1 is 1.50 bits per heavy atom. The van der Waals surface area contributed by atoms with Crippen molar-refractivity contribution in [3.05, 3.63) is 29.8 Å². The van der Waals surface area contributed by atoms with E-state index in [4.69, 9.17) is 10.9 Å². The molecule has 0 saturated carbocycles. The normalized spacial score (nSPS) is 9.50. The molecule has 0 amide bonds. The molecule has 0 heterocycles. The molecule has 0 aromatic heterocycles. The van der Waals surface area contributed by atoms with Crippen molar-refractivity contribution in [2.24, 2.45) is 10.8 Å². The summed E-state index contributed by atoms with van der Waals surface area (Å²) >= 11 is 0. The number of carbonyl (C=O) groups is 1. The molecule has 1 aromatic carbocycles. The number of halogens is 1. The molecule has 0 spiro atoms. The van der Waals surface area contributed by atoms with Crippen molar-refractivity contribution in [3.63, 3.8) is 0 Å². The second kappa shape index (κ2) is 5.95. The number of hydrazine groups is 1. The highest BCUT2D eigenvalue weighted by Gasteiger charge is 2.06. The molecule has 0 bridgehead atoms. The number of benzene rings is 1. The van der Waals surface area contributed by atoms with E-state index in [9.17, 15) is 4.79 Å². The maximum absolute atomic E-state index is 10.7. The van der Waals surface area contributed by atoms with Gasteiger partial charge >= 0.3 is 5.97 Å². The zero-order chi connectivity index (χ0) is 9.68. The summed E-state index contributed by atoms with van der Waals surface area (Å²) in [6, 6.07) is 6.41. The Kier molecular flexibility index (Phi) is 5.28. The molecule has 5 nitrogen and oxygen atoms in total. The monoisotopic (exact) mass is 215 g/mol. The van der Waals surface area contributed by atoms with Crippen molar-refractivity contribution in [1.29, 1.82) is 0 Å². The van der Waals surface area contributed by atoms with Crippen LogP contribution in [-0.2, 0) is 0 Å².